The fourth-order valence-electron chi connectivity index (χ4n) is 13.1. The average molecular weight is 1050 g/mol. The van der Waals surface area contributed by atoms with Crippen molar-refractivity contribution in [3.05, 3.63) is 290 Å². The summed E-state index contributed by atoms with van der Waals surface area (Å²) in [6.45, 7) is 4.34. The molecule has 14 aromatic carbocycles. The van der Waals surface area contributed by atoms with E-state index < -0.39 is 0 Å². The van der Waals surface area contributed by atoms with Crippen molar-refractivity contribution in [2.24, 2.45) is 0 Å². The minimum atomic E-state index is 0.827. The van der Waals surface area contributed by atoms with E-state index in [4.69, 9.17) is 8.83 Å². The molecule has 0 bridgehead atoms. The van der Waals surface area contributed by atoms with Gasteiger partial charge in [0.25, 0.3) is 0 Å². The number of benzene rings is 14. The predicted octanol–water partition coefficient (Wildman–Crippen LogP) is 22.6. The van der Waals surface area contributed by atoms with Crippen LogP contribution in [-0.2, 0) is 0 Å². The molecule has 0 aliphatic carbocycles. The molecule has 0 unspecified atom stereocenters. The number of anilines is 6. The Morgan fingerprint density at radius 2 is 0.549 bits per heavy atom. The first-order valence-corrected chi connectivity index (χ1v) is 28.2. The highest BCUT2D eigenvalue weighted by molar-refractivity contribution is 6.29. The Labute approximate surface area is 474 Å². The van der Waals surface area contributed by atoms with Crippen LogP contribution in [0.2, 0.25) is 0 Å². The minimum Gasteiger partial charge on any atom is -0.453 e. The van der Waals surface area contributed by atoms with Gasteiger partial charge in [-0.1, -0.05) is 243 Å². The van der Waals surface area contributed by atoms with Crippen LogP contribution < -0.4 is 9.80 Å². The van der Waals surface area contributed by atoms with Crippen molar-refractivity contribution < 1.29 is 8.83 Å². The van der Waals surface area contributed by atoms with Gasteiger partial charge in [0.15, 0.2) is 11.2 Å². The summed E-state index contributed by atoms with van der Waals surface area (Å²) in [5, 5.41) is 11.3. The third-order valence-corrected chi connectivity index (χ3v) is 16.9. The van der Waals surface area contributed by atoms with Gasteiger partial charge in [-0.15, -0.1) is 0 Å². The fraction of sp³-hybridized carbons (Fsp3) is 0.0256. The lowest BCUT2D eigenvalue weighted by Gasteiger charge is -2.31. The summed E-state index contributed by atoms with van der Waals surface area (Å²) < 4.78 is 14.6. The summed E-state index contributed by atoms with van der Waals surface area (Å²) in [7, 11) is 0. The van der Waals surface area contributed by atoms with Gasteiger partial charge >= 0.3 is 0 Å². The van der Waals surface area contributed by atoms with Crippen molar-refractivity contribution in [2.45, 2.75) is 13.8 Å². The quantitative estimate of drug-likeness (QED) is 0.128. The highest BCUT2D eigenvalue weighted by atomic mass is 16.3. The Morgan fingerprint density at radius 3 is 0.976 bits per heavy atom. The molecule has 0 aliphatic heterocycles. The molecule has 0 fully saturated rings. The van der Waals surface area contributed by atoms with Crippen LogP contribution >= 0.6 is 0 Å². The molecule has 0 spiro atoms. The summed E-state index contributed by atoms with van der Waals surface area (Å²) in [5.74, 6) is 0. The van der Waals surface area contributed by atoms with Crippen LogP contribution in [0.5, 0.6) is 0 Å². The Hall–Kier alpha value is -10.7. The maximum Gasteiger partial charge on any atom is 0.159 e. The van der Waals surface area contributed by atoms with Crippen LogP contribution in [0.15, 0.2) is 288 Å². The van der Waals surface area contributed by atoms with Gasteiger partial charge in [-0.05, 0) is 105 Å². The van der Waals surface area contributed by atoms with Crippen molar-refractivity contribution in [2.75, 3.05) is 9.80 Å². The van der Waals surface area contributed by atoms with Gasteiger partial charge in [-0.3, -0.25) is 0 Å². The Morgan fingerprint density at radius 1 is 0.220 bits per heavy atom. The first kappa shape index (κ1) is 47.3. The van der Waals surface area contributed by atoms with Gasteiger partial charge in [0.05, 0.1) is 34.1 Å². The number of hydrogen-bond acceptors (Lipinski definition) is 4. The average Bonchev–Trinajstić information content (AvgIpc) is 2.47. The van der Waals surface area contributed by atoms with E-state index in [-0.39, 0.29) is 0 Å². The van der Waals surface area contributed by atoms with E-state index in [1.165, 1.54) is 21.9 Å². The number of aryl methyl sites for hydroxylation is 2. The van der Waals surface area contributed by atoms with Crippen molar-refractivity contribution in [1.29, 1.82) is 0 Å². The largest absolute Gasteiger partial charge is 0.453 e. The number of nitrogens with zero attached hydrogens (tertiary/aromatic N) is 2. The van der Waals surface area contributed by atoms with Crippen molar-refractivity contribution >= 4 is 110 Å². The molecule has 4 heteroatoms. The molecular weight excluding hydrogens is 997 g/mol. The molecule has 2 heterocycles. The van der Waals surface area contributed by atoms with E-state index in [1.54, 1.807) is 0 Å². The van der Waals surface area contributed by atoms with E-state index in [2.05, 4.69) is 303 Å². The first-order chi connectivity index (χ1) is 40.6. The van der Waals surface area contributed by atoms with Crippen LogP contribution in [0.25, 0.3) is 121 Å². The zero-order chi connectivity index (χ0) is 54.4. The molecule has 16 rings (SSSR count). The van der Waals surface area contributed by atoms with E-state index in [0.29, 0.717) is 0 Å². The lowest BCUT2D eigenvalue weighted by atomic mass is 9.91. The summed E-state index contributed by atoms with van der Waals surface area (Å²) >= 11 is 0. The molecule has 4 nitrogen and oxygen atoms in total. The number of fused-ring (bicyclic) bond motifs is 6. The van der Waals surface area contributed by atoms with Crippen LogP contribution in [-0.4, -0.2) is 0 Å². The molecule has 0 amide bonds. The lowest BCUT2D eigenvalue weighted by Crippen LogP contribution is -2.13. The number of hydrogen-bond donors (Lipinski definition) is 0. The molecule has 0 radical (unpaired) electrons. The van der Waals surface area contributed by atoms with Gasteiger partial charge in [0.1, 0.15) is 11.2 Å². The van der Waals surface area contributed by atoms with E-state index in [9.17, 15) is 0 Å². The van der Waals surface area contributed by atoms with E-state index in [0.717, 1.165) is 144 Å². The molecule has 0 saturated heterocycles. The second-order valence-corrected chi connectivity index (χ2v) is 21.5. The molecule has 0 atom stereocenters. The first-order valence-electron chi connectivity index (χ1n) is 28.2. The molecule has 16 aromatic rings. The zero-order valence-electron chi connectivity index (χ0n) is 45.3. The summed E-state index contributed by atoms with van der Waals surface area (Å²) in [6, 6.07) is 101. The Bertz CT molecular complexity index is 4820. The third kappa shape index (κ3) is 7.38. The highest BCUT2D eigenvalue weighted by Crippen LogP contribution is 2.53. The van der Waals surface area contributed by atoms with E-state index in [1.807, 2.05) is 0 Å². The summed E-state index contributed by atoms with van der Waals surface area (Å²) in [5.41, 5.74) is 20.9. The van der Waals surface area contributed by atoms with Crippen LogP contribution in [0, 0.1) is 13.8 Å². The van der Waals surface area contributed by atoms with Crippen molar-refractivity contribution in [3.8, 4) is 44.5 Å². The molecular formula is C78H52N2O2. The zero-order valence-corrected chi connectivity index (χ0v) is 45.3. The van der Waals surface area contributed by atoms with Crippen molar-refractivity contribution in [1.82, 2.24) is 0 Å². The normalized spacial score (nSPS) is 11.8. The van der Waals surface area contributed by atoms with Gasteiger partial charge in [0, 0.05) is 54.6 Å². The third-order valence-electron chi connectivity index (χ3n) is 16.9. The summed E-state index contributed by atoms with van der Waals surface area (Å²) in [4.78, 5) is 4.90. The summed E-state index contributed by atoms with van der Waals surface area (Å²) in [6.07, 6.45) is 0. The number of para-hydroxylation sites is 6. The van der Waals surface area contributed by atoms with Crippen LogP contribution in [0.1, 0.15) is 11.1 Å². The lowest BCUT2D eigenvalue weighted by molar-refractivity contribution is 0.670. The van der Waals surface area contributed by atoms with Gasteiger partial charge < -0.3 is 18.6 Å². The van der Waals surface area contributed by atoms with Gasteiger partial charge in [0.2, 0.25) is 0 Å². The van der Waals surface area contributed by atoms with E-state index >= 15 is 0 Å². The number of furan rings is 2. The molecule has 2 aromatic heterocycles. The topological polar surface area (TPSA) is 32.8 Å². The number of rotatable bonds is 10. The highest BCUT2D eigenvalue weighted by Gasteiger charge is 2.28. The maximum atomic E-state index is 7.32. The predicted molar refractivity (Wildman–Crippen MR) is 345 cm³/mol. The molecule has 82 heavy (non-hydrogen) atoms. The standard InChI is InChI=1S/C78H52N2O2/c1-49-21-9-11-27-55(49)59-31-17-33-61-63-35-19-39-71(77(63)81-75(59)61)79(67-37-15-13-29-57(67)51-23-5-3-6-24-51)69-47-43-53-42-46-66-70(48-44-54-41-45-65(69)73(53)74(54)66)80(68-38-16-14-30-58(68)52-25-7-4-8-26-52)72-40-20-36-64-62-34-18-32-60(76(62)82-78(64)72)56-28-12-10-22-50(56)2/h3-48H,1-2H3. The SMILES string of the molecule is Cc1ccccc1-c1cccc2c1oc1c(N(c3ccccc3-c3ccccc3)c3ccc4ccc5c(N(c6ccccc6-c6ccccc6)c6cccc7c6oc6c(-c8ccccc8C)cccc67)ccc6ccc3c4c65)cccc12. The fourth-order valence-corrected chi connectivity index (χ4v) is 13.1. The molecule has 386 valence electrons. The molecule has 0 saturated carbocycles. The van der Waals surface area contributed by atoms with Gasteiger partial charge in [-0.2, -0.15) is 0 Å². The Kier molecular flexibility index (Phi) is 11.0. The molecule has 0 aliphatic rings. The molecule has 0 N–H and O–H groups in total. The van der Waals surface area contributed by atoms with Crippen LogP contribution in [0.3, 0.4) is 0 Å². The smallest absolute Gasteiger partial charge is 0.159 e. The Balaban J connectivity index is 0.966. The second kappa shape index (κ2) is 19.0. The monoisotopic (exact) mass is 1050 g/mol. The minimum absolute atomic E-state index is 0.827. The van der Waals surface area contributed by atoms with Crippen LogP contribution in [0.4, 0.5) is 34.1 Å². The van der Waals surface area contributed by atoms with Gasteiger partial charge in [-0.25, -0.2) is 0 Å². The maximum absolute atomic E-state index is 7.32. The second-order valence-electron chi connectivity index (χ2n) is 21.5. The van der Waals surface area contributed by atoms with Crippen molar-refractivity contribution in [3.63, 3.8) is 0 Å².